The summed E-state index contributed by atoms with van der Waals surface area (Å²) in [5.74, 6) is 0.841. The van der Waals surface area contributed by atoms with Crippen LogP contribution in [0.4, 0.5) is 0 Å². The van der Waals surface area contributed by atoms with Gasteiger partial charge in [-0.2, -0.15) is 0 Å². The Balaban J connectivity index is 1.83. The Labute approximate surface area is 154 Å². The van der Waals surface area contributed by atoms with Gasteiger partial charge in [0.15, 0.2) is 5.96 Å². The van der Waals surface area contributed by atoms with Crippen molar-refractivity contribution in [1.82, 2.24) is 15.6 Å². The maximum Gasteiger partial charge on any atom is 0.191 e. The fraction of sp³-hybridized carbons (Fsp3) is 0.474. The van der Waals surface area contributed by atoms with Gasteiger partial charge in [0.1, 0.15) is 5.01 Å². The normalized spacial score (nSPS) is 11.5. The van der Waals surface area contributed by atoms with Gasteiger partial charge < -0.3 is 15.4 Å². The fourth-order valence-corrected chi connectivity index (χ4v) is 3.09. The van der Waals surface area contributed by atoms with E-state index in [1.807, 2.05) is 25.1 Å². The summed E-state index contributed by atoms with van der Waals surface area (Å²) in [7, 11) is 0. The summed E-state index contributed by atoms with van der Waals surface area (Å²) in [6, 6.07) is 10.3. The van der Waals surface area contributed by atoms with E-state index >= 15 is 0 Å². The van der Waals surface area contributed by atoms with E-state index < -0.39 is 0 Å². The summed E-state index contributed by atoms with van der Waals surface area (Å²) in [6.45, 7) is 8.03. The Kier molecular flexibility index (Phi) is 9.01. The molecule has 5 nitrogen and oxygen atoms in total. The molecule has 0 amide bonds. The van der Waals surface area contributed by atoms with Gasteiger partial charge in [0.25, 0.3) is 0 Å². The summed E-state index contributed by atoms with van der Waals surface area (Å²) in [5, 5.41) is 9.76. The van der Waals surface area contributed by atoms with Crippen LogP contribution < -0.4 is 10.6 Å². The number of nitrogens with one attached hydrogen (secondary N) is 2. The van der Waals surface area contributed by atoms with Crippen molar-refractivity contribution in [2.75, 3.05) is 26.3 Å². The van der Waals surface area contributed by atoms with Crippen LogP contribution in [0.5, 0.6) is 0 Å². The number of aromatic nitrogens is 1. The van der Waals surface area contributed by atoms with Crippen molar-refractivity contribution < 1.29 is 4.74 Å². The first kappa shape index (κ1) is 19.4. The highest BCUT2D eigenvalue weighted by Gasteiger charge is 2.04. The third-order valence-electron chi connectivity index (χ3n) is 3.53. The zero-order valence-electron chi connectivity index (χ0n) is 15.1. The van der Waals surface area contributed by atoms with Crippen LogP contribution >= 0.6 is 11.3 Å². The van der Waals surface area contributed by atoms with E-state index in [0.717, 1.165) is 61.4 Å². The summed E-state index contributed by atoms with van der Waals surface area (Å²) in [4.78, 5) is 9.31. The van der Waals surface area contributed by atoms with Crippen molar-refractivity contribution in [2.45, 2.75) is 33.2 Å². The molecule has 25 heavy (non-hydrogen) atoms. The Bertz CT molecular complexity index is 627. The van der Waals surface area contributed by atoms with Crippen molar-refractivity contribution in [3.8, 4) is 10.6 Å². The van der Waals surface area contributed by atoms with Crippen molar-refractivity contribution in [3.63, 3.8) is 0 Å². The molecule has 0 unspecified atom stereocenters. The third kappa shape index (κ3) is 7.23. The minimum absolute atomic E-state index is 0.581. The molecule has 0 saturated carbocycles. The lowest BCUT2D eigenvalue weighted by Gasteiger charge is -2.10. The number of hydrogen-bond donors (Lipinski definition) is 2. The minimum Gasteiger partial charge on any atom is -0.382 e. The maximum absolute atomic E-state index is 5.35. The quantitative estimate of drug-likeness (QED) is 0.385. The molecule has 2 aromatic rings. The van der Waals surface area contributed by atoms with E-state index in [9.17, 15) is 0 Å². The minimum atomic E-state index is 0.581. The second kappa shape index (κ2) is 11.6. The smallest absolute Gasteiger partial charge is 0.191 e. The highest BCUT2D eigenvalue weighted by Crippen LogP contribution is 2.23. The van der Waals surface area contributed by atoms with Crippen LogP contribution in [0.15, 0.2) is 40.7 Å². The van der Waals surface area contributed by atoms with E-state index in [4.69, 9.17) is 4.74 Å². The molecule has 0 radical (unpaired) electrons. The van der Waals surface area contributed by atoms with Gasteiger partial charge in [0.05, 0.1) is 12.2 Å². The first-order valence-corrected chi connectivity index (χ1v) is 9.81. The molecule has 1 heterocycles. The lowest BCUT2D eigenvalue weighted by atomic mass is 10.2. The highest BCUT2D eigenvalue weighted by molar-refractivity contribution is 7.13. The number of benzene rings is 1. The average molecular weight is 361 g/mol. The Morgan fingerprint density at radius 2 is 2.00 bits per heavy atom. The van der Waals surface area contributed by atoms with Gasteiger partial charge in [0.2, 0.25) is 0 Å². The first-order chi connectivity index (χ1) is 12.3. The molecular formula is C19H28N4OS. The monoisotopic (exact) mass is 360 g/mol. The number of ether oxygens (including phenoxy) is 1. The molecule has 0 bridgehead atoms. The molecule has 0 fully saturated rings. The van der Waals surface area contributed by atoms with Crippen LogP contribution in [0.25, 0.3) is 10.6 Å². The lowest BCUT2D eigenvalue weighted by molar-refractivity contribution is 0.143. The standard InChI is InChI=1S/C19H28N4OS/c1-3-20-19(21-12-8-9-13-24-4-2)22-14-17-15-25-18(23-17)16-10-6-5-7-11-16/h5-7,10-11,15H,3-4,8-9,12-14H2,1-2H3,(H2,20,21,22). The van der Waals surface area contributed by atoms with Gasteiger partial charge in [-0.15, -0.1) is 11.3 Å². The van der Waals surface area contributed by atoms with Gasteiger partial charge in [0, 0.05) is 37.2 Å². The number of aliphatic imine (C=N–C) groups is 1. The van der Waals surface area contributed by atoms with Gasteiger partial charge in [-0.05, 0) is 26.7 Å². The van der Waals surface area contributed by atoms with E-state index in [-0.39, 0.29) is 0 Å². The van der Waals surface area contributed by atoms with Crippen LogP contribution in [0.1, 0.15) is 32.4 Å². The second-order valence-electron chi connectivity index (χ2n) is 5.54. The number of nitrogens with zero attached hydrogens (tertiary/aromatic N) is 2. The Morgan fingerprint density at radius 3 is 2.76 bits per heavy atom. The number of guanidine groups is 1. The maximum atomic E-state index is 5.35. The number of rotatable bonds is 10. The second-order valence-corrected chi connectivity index (χ2v) is 6.39. The zero-order valence-corrected chi connectivity index (χ0v) is 15.9. The molecule has 0 aliphatic carbocycles. The van der Waals surface area contributed by atoms with Gasteiger partial charge in [-0.25, -0.2) is 9.98 Å². The topological polar surface area (TPSA) is 58.5 Å². The molecule has 0 aliphatic rings. The van der Waals surface area contributed by atoms with Crippen LogP contribution in [-0.2, 0) is 11.3 Å². The summed E-state index contributed by atoms with van der Waals surface area (Å²) >= 11 is 1.66. The SMILES string of the molecule is CCNC(=NCc1csc(-c2ccccc2)n1)NCCCCOCC. The number of unbranched alkanes of at least 4 members (excludes halogenated alkanes) is 1. The van der Waals surface area contributed by atoms with Crippen LogP contribution in [0.2, 0.25) is 0 Å². The van der Waals surface area contributed by atoms with Crippen molar-refractivity contribution in [1.29, 1.82) is 0 Å². The van der Waals surface area contributed by atoms with Crippen molar-refractivity contribution in [3.05, 3.63) is 41.4 Å². The molecule has 0 saturated heterocycles. The fourth-order valence-electron chi connectivity index (χ4n) is 2.27. The zero-order chi connectivity index (χ0) is 17.7. The molecule has 2 rings (SSSR count). The molecule has 136 valence electrons. The Hall–Kier alpha value is -1.92. The van der Waals surface area contributed by atoms with Crippen LogP contribution in [0, 0.1) is 0 Å². The van der Waals surface area contributed by atoms with Crippen LogP contribution in [-0.4, -0.2) is 37.2 Å². The largest absolute Gasteiger partial charge is 0.382 e. The van der Waals surface area contributed by atoms with E-state index in [1.165, 1.54) is 0 Å². The predicted molar refractivity (Wildman–Crippen MR) is 106 cm³/mol. The van der Waals surface area contributed by atoms with Crippen molar-refractivity contribution in [2.24, 2.45) is 4.99 Å². The molecule has 0 atom stereocenters. The van der Waals surface area contributed by atoms with E-state index in [2.05, 4.69) is 45.0 Å². The predicted octanol–water partition coefficient (Wildman–Crippen LogP) is 3.68. The summed E-state index contributed by atoms with van der Waals surface area (Å²) in [6.07, 6.45) is 2.13. The highest BCUT2D eigenvalue weighted by atomic mass is 32.1. The summed E-state index contributed by atoms with van der Waals surface area (Å²) in [5.41, 5.74) is 2.15. The van der Waals surface area contributed by atoms with Gasteiger partial charge in [-0.3, -0.25) is 0 Å². The average Bonchev–Trinajstić information content (AvgIpc) is 3.12. The Morgan fingerprint density at radius 1 is 1.16 bits per heavy atom. The van der Waals surface area contributed by atoms with Crippen molar-refractivity contribution >= 4 is 17.3 Å². The van der Waals surface area contributed by atoms with Gasteiger partial charge in [-0.1, -0.05) is 30.3 Å². The van der Waals surface area contributed by atoms with E-state index in [1.54, 1.807) is 11.3 Å². The number of thiazole rings is 1. The number of hydrogen-bond acceptors (Lipinski definition) is 4. The lowest BCUT2D eigenvalue weighted by Crippen LogP contribution is -2.37. The van der Waals surface area contributed by atoms with E-state index in [0.29, 0.717) is 6.54 Å². The molecule has 0 aliphatic heterocycles. The molecular weight excluding hydrogens is 332 g/mol. The third-order valence-corrected chi connectivity index (χ3v) is 4.47. The van der Waals surface area contributed by atoms with Crippen LogP contribution in [0.3, 0.4) is 0 Å². The molecule has 1 aromatic carbocycles. The summed E-state index contributed by atoms with van der Waals surface area (Å²) < 4.78 is 5.35. The molecule has 1 aromatic heterocycles. The first-order valence-electron chi connectivity index (χ1n) is 8.93. The molecule has 0 spiro atoms. The molecule has 6 heteroatoms. The van der Waals surface area contributed by atoms with Gasteiger partial charge >= 0.3 is 0 Å². The molecule has 2 N–H and O–H groups in total.